The summed E-state index contributed by atoms with van der Waals surface area (Å²) in [5, 5.41) is 3.03. The quantitative estimate of drug-likeness (QED) is 0.703. The highest BCUT2D eigenvalue weighted by atomic mass is 19.3. The normalized spacial score (nSPS) is 13.9. The number of nitrogens with one attached hydrogen (secondary N) is 1. The lowest BCUT2D eigenvalue weighted by Crippen LogP contribution is -2.25. The third-order valence-electron chi connectivity index (χ3n) is 4.37. The van der Waals surface area contributed by atoms with Crippen LogP contribution in [0.4, 0.5) is 20.4 Å². The van der Waals surface area contributed by atoms with Crippen LogP contribution in [0.25, 0.3) is 0 Å². The van der Waals surface area contributed by atoms with Crippen molar-refractivity contribution in [1.29, 1.82) is 0 Å². The summed E-state index contributed by atoms with van der Waals surface area (Å²) >= 11 is 0. The zero-order valence-corrected chi connectivity index (χ0v) is 15.6. The number of hydrogen-bond donors (Lipinski definition) is 1. The van der Waals surface area contributed by atoms with Crippen molar-refractivity contribution in [3.05, 3.63) is 70.1 Å². The Morgan fingerprint density at radius 1 is 1.17 bits per heavy atom. The molecule has 150 valence electrons. The second-order valence-corrected chi connectivity index (χ2v) is 6.46. The number of aromatic nitrogens is 2. The monoisotopic (exact) mass is 401 g/mol. The Bertz CT molecular complexity index is 1120. The minimum Gasteiger partial charge on any atom is -0.490 e. The molecule has 1 aromatic heterocycles. The first-order chi connectivity index (χ1) is 13.8. The maximum atomic E-state index is 13.3. The Labute approximate surface area is 164 Å². The molecule has 0 fully saturated rings. The first-order valence-electron chi connectivity index (χ1n) is 8.71. The maximum absolute atomic E-state index is 13.3. The van der Waals surface area contributed by atoms with Gasteiger partial charge in [0.15, 0.2) is 11.5 Å². The molecule has 0 bridgehead atoms. The molecule has 9 heteroatoms. The molecule has 0 radical (unpaired) electrons. The molecule has 0 spiro atoms. The zero-order valence-electron chi connectivity index (χ0n) is 15.6. The van der Waals surface area contributed by atoms with Crippen LogP contribution in [0, 0.1) is 6.92 Å². The van der Waals surface area contributed by atoms with E-state index in [1.165, 1.54) is 19.2 Å². The molecule has 2 heterocycles. The Hall–Kier alpha value is -3.62. The van der Waals surface area contributed by atoms with Gasteiger partial charge in [-0.3, -0.25) is 4.79 Å². The van der Waals surface area contributed by atoms with Crippen molar-refractivity contribution in [1.82, 2.24) is 9.55 Å². The lowest BCUT2D eigenvalue weighted by atomic mass is 10.2. The van der Waals surface area contributed by atoms with Gasteiger partial charge in [-0.2, -0.15) is 4.98 Å². The molecule has 0 amide bonds. The highest BCUT2D eigenvalue weighted by molar-refractivity contribution is 5.65. The first-order valence-corrected chi connectivity index (χ1v) is 8.71. The van der Waals surface area contributed by atoms with E-state index in [1.807, 2.05) is 30.3 Å². The fraction of sp³-hybridized carbons (Fsp3) is 0.200. The molecule has 0 atom stereocenters. The molecule has 2 aromatic carbocycles. The van der Waals surface area contributed by atoms with E-state index in [0.717, 1.165) is 5.56 Å². The average Bonchev–Trinajstić information content (AvgIpc) is 2.97. The van der Waals surface area contributed by atoms with Gasteiger partial charge in [-0.25, -0.2) is 0 Å². The topological polar surface area (TPSA) is 74.6 Å². The Morgan fingerprint density at radius 2 is 1.86 bits per heavy atom. The van der Waals surface area contributed by atoms with Crippen molar-refractivity contribution in [2.24, 2.45) is 0 Å². The summed E-state index contributed by atoms with van der Waals surface area (Å²) in [5.41, 5.74) is 1.49. The lowest BCUT2D eigenvalue weighted by Gasteiger charge is -2.16. The van der Waals surface area contributed by atoms with Gasteiger partial charge >= 0.3 is 11.9 Å². The molecule has 7 nitrogen and oxygen atoms in total. The molecule has 1 N–H and O–H groups in total. The van der Waals surface area contributed by atoms with E-state index in [9.17, 15) is 13.6 Å². The van der Waals surface area contributed by atoms with Crippen molar-refractivity contribution < 1.29 is 23.0 Å². The smallest absolute Gasteiger partial charge is 0.490 e. The molecule has 1 aliphatic rings. The van der Waals surface area contributed by atoms with Crippen LogP contribution in [-0.4, -0.2) is 23.0 Å². The second-order valence-electron chi connectivity index (χ2n) is 6.46. The van der Waals surface area contributed by atoms with Gasteiger partial charge in [0.1, 0.15) is 0 Å². The van der Waals surface area contributed by atoms with Crippen molar-refractivity contribution in [2.75, 3.05) is 12.4 Å². The molecule has 29 heavy (non-hydrogen) atoms. The van der Waals surface area contributed by atoms with Gasteiger partial charge in [0.2, 0.25) is 11.7 Å². The van der Waals surface area contributed by atoms with E-state index >= 15 is 0 Å². The van der Waals surface area contributed by atoms with Crippen LogP contribution < -0.4 is 25.1 Å². The molecule has 4 rings (SSSR count). The average molecular weight is 401 g/mol. The largest absolute Gasteiger partial charge is 0.586 e. The number of hydrogen-bond acceptors (Lipinski definition) is 6. The number of alkyl halides is 2. The summed E-state index contributed by atoms with van der Waals surface area (Å²) in [4.78, 5) is 16.2. The fourth-order valence-corrected chi connectivity index (χ4v) is 2.97. The molecular weight excluding hydrogens is 384 g/mol. The van der Waals surface area contributed by atoms with Gasteiger partial charge < -0.3 is 24.1 Å². The van der Waals surface area contributed by atoms with Crippen molar-refractivity contribution in [2.45, 2.75) is 19.8 Å². The van der Waals surface area contributed by atoms with Crippen molar-refractivity contribution in [3.63, 3.8) is 0 Å². The summed E-state index contributed by atoms with van der Waals surface area (Å²) < 4.78 is 42.4. The highest BCUT2D eigenvalue weighted by Crippen LogP contribution is 2.44. The van der Waals surface area contributed by atoms with E-state index in [2.05, 4.69) is 19.8 Å². The molecule has 1 aliphatic heterocycles. The summed E-state index contributed by atoms with van der Waals surface area (Å²) in [6.07, 6.45) is -2.16. The lowest BCUT2D eigenvalue weighted by molar-refractivity contribution is -0.286. The molecular formula is C20H17F2N3O4. The predicted molar refractivity (Wildman–Crippen MR) is 101 cm³/mol. The highest BCUT2D eigenvalue weighted by Gasteiger charge is 2.43. The number of nitrogens with zero attached hydrogens (tertiary/aromatic N) is 2. The van der Waals surface area contributed by atoms with Gasteiger partial charge in [0.05, 0.1) is 19.9 Å². The van der Waals surface area contributed by atoms with E-state index in [4.69, 9.17) is 4.74 Å². The number of aryl methyl sites for hydroxylation is 1. The van der Waals surface area contributed by atoms with Gasteiger partial charge in [-0.1, -0.05) is 30.3 Å². The Morgan fingerprint density at radius 3 is 2.55 bits per heavy atom. The van der Waals surface area contributed by atoms with E-state index in [1.54, 1.807) is 17.7 Å². The minimum atomic E-state index is -3.71. The van der Waals surface area contributed by atoms with Crippen LogP contribution >= 0.6 is 0 Å². The van der Waals surface area contributed by atoms with Crippen molar-refractivity contribution in [3.8, 4) is 17.2 Å². The van der Waals surface area contributed by atoms with Crippen LogP contribution in [0.3, 0.4) is 0 Å². The van der Waals surface area contributed by atoms with Crippen LogP contribution in [0.15, 0.2) is 53.5 Å². The van der Waals surface area contributed by atoms with E-state index in [-0.39, 0.29) is 23.2 Å². The zero-order chi connectivity index (χ0) is 20.6. The number of methoxy groups -OCH3 is 1. The van der Waals surface area contributed by atoms with Crippen LogP contribution in [0.5, 0.6) is 17.2 Å². The standard InChI is InChI=1S/C20H17F2N3O4/c1-12-8-15-16(29-20(21,22)28-15)9-14(12)23-19-24-18(26)17(27-2)11-25(19)10-13-6-4-3-5-7-13/h3-9,11H,10H2,1-2H3,(H,23,24,26). The van der Waals surface area contributed by atoms with Gasteiger partial charge in [0.25, 0.3) is 0 Å². The fourth-order valence-electron chi connectivity index (χ4n) is 2.97. The number of rotatable bonds is 5. The second kappa shape index (κ2) is 7.08. The van der Waals surface area contributed by atoms with Gasteiger partial charge in [0, 0.05) is 11.8 Å². The van der Waals surface area contributed by atoms with E-state index in [0.29, 0.717) is 17.8 Å². The van der Waals surface area contributed by atoms with Crippen molar-refractivity contribution >= 4 is 11.6 Å². The Balaban J connectivity index is 1.72. The third-order valence-corrected chi connectivity index (χ3v) is 4.37. The molecule has 0 saturated carbocycles. The summed E-state index contributed by atoms with van der Waals surface area (Å²) in [5.74, 6) is 0.165. The summed E-state index contributed by atoms with van der Waals surface area (Å²) in [6, 6.07) is 12.4. The van der Waals surface area contributed by atoms with Crippen LogP contribution in [0.1, 0.15) is 11.1 Å². The summed E-state index contributed by atoms with van der Waals surface area (Å²) in [7, 11) is 1.39. The minimum absolute atomic E-state index is 0.0533. The number of ether oxygens (including phenoxy) is 3. The van der Waals surface area contributed by atoms with Crippen LogP contribution in [0.2, 0.25) is 0 Å². The van der Waals surface area contributed by atoms with Crippen LogP contribution in [-0.2, 0) is 6.54 Å². The molecule has 3 aromatic rings. The summed E-state index contributed by atoms with van der Waals surface area (Å²) in [6.45, 7) is 2.13. The molecule has 0 unspecified atom stereocenters. The van der Waals surface area contributed by atoms with Gasteiger partial charge in [-0.15, -0.1) is 8.78 Å². The molecule has 0 saturated heterocycles. The third kappa shape index (κ3) is 3.84. The van der Waals surface area contributed by atoms with Gasteiger partial charge in [-0.05, 0) is 24.1 Å². The number of halogens is 2. The number of anilines is 2. The molecule has 0 aliphatic carbocycles. The first kappa shape index (κ1) is 18.7. The SMILES string of the molecule is COc1cn(Cc2ccccc2)c(Nc2cc3c(cc2C)OC(F)(F)O3)nc1=O. The maximum Gasteiger partial charge on any atom is 0.586 e. The Kier molecular flexibility index (Phi) is 4.57. The number of benzene rings is 2. The number of fused-ring (bicyclic) bond motifs is 1. The van der Waals surface area contributed by atoms with E-state index < -0.39 is 11.9 Å². The predicted octanol–water partition coefficient (Wildman–Crippen LogP) is 3.67.